The smallest absolute Gasteiger partial charge is 0.0873 e. The number of nitrogens with zero attached hydrogens (tertiary/aromatic N) is 1. The van der Waals surface area contributed by atoms with E-state index in [1.807, 2.05) is 31.3 Å². The van der Waals surface area contributed by atoms with Crippen LogP contribution in [0.3, 0.4) is 0 Å². The van der Waals surface area contributed by atoms with Gasteiger partial charge in [-0.2, -0.15) is 0 Å². The van der Waals surface area contributed by atoms with Crippen molar-refractivity contribution in [2.45, 2.75) is 6.92 Å². The van der Waals surface area contributed by atoms with Crippen LogP contribution >= 0.6 is 31.9 Å². The highest BCUT2D eigenvalue weighted by Crippen LogP contribution is 2.37. The van der Waals surface area contributed by atoms with Crippen molar-refractivity contribution in [2.24, 2.45) is 0 Å². The van der Waals surface area contributed by atoms with Gasteiger partial charge >= 0.3 is 0 Å². The van der Waals surface area contributed by atoms with Gasteiger partial charge in [0.05, 0.1) is 11.2 Å². The van der Waals surface area contributed by atoms with Gasteiger partial charge in [0.2, 0.25) is 0 Å². The lowest BCUT2D eigenvalue weighted by atomic mass is 10.0. The topological polar surface area (TPSA) is 24.9 Å². The Bertz CT molecular complexity index is 814. The molecule has 1 N–H and O–H groups in total. The molecule has 0 aliphatic heterocycles. The van der Waals surface area contributed by atoms with Gasteiger partial charge < -0.3 is 5.32 Å². The highest BCUT2D eigenvalue weighted by molar-refractivity contribution is 9.11. The Kier molecular flexibility index (Phi) is 4.00. The van der Waals surface area contributed by atoms with Gasteiger partial charge in [-0.05, 0) is 40.5 Å². The van der Waals surface area contributed by atoms with Crippen molar-refractivity contribution in [3.63, 3.8) is 0 Å². The number of fused-ring (bicyclic) bond motifs is 1. The molecule has 0 aliphatic carbocycles. The predicted octanol–water partition coefficient (Wildman–Crippen LogP) is 5.78. The van der Waals surface area contributed by atoms with Crippen LogP contribution in [0.15, 0.2) is 51.4 Å². The summed E-state index contributed by atoms with van der Waals surface area (Å²) < 4.78 is 2.02. The number of aromatic nitrogens is 1. The van der Waals surface area contributed by atoms with Crippen molar-refractivity contribution in [3.05, 3.63) is 57.0 Å². The van der Waals surface area contributed by atoms with Crippen LogP contribution in [0.2, 0.25) is 0 Å². The SMILES string of the molecule is CNc1c(C)c(-c2ccccc2)nc2c(Br)cc(Br)cc12. The number of benzene rings is 2. The number of rotatable bonds is 2. The van der Waals surface area contributed by atoms with E-state index in [9.17, 15) is 0 Å². The summed E-state index contributed by atoms with van der Waals surface area (Å²) in [6, 6.07) is 14.4. The molecule has 0 bridgehead atoms. The molecule has 0 unspecified atom stereocenters. The lowest BCUT2D eigenvalue weighted by molar-refractivity contribution is 1.31. The minimum Gasteiger partial charge on any atom is -0.387 e. The Morgan fingerprint density at radius 2 is 1.76 bits per heavy atom. The van der Waals surface area contributed by atoms with Gasteiger partial charge in [-0.15, -0.1) is 0 Å². The molecule has 3 rings (SSSR count). The fourth-order valence-corrected chi connectivity index (χ4v) is 3.90. The Morgan fingerprint density at radius 1 is 1.05 bits per heavy atom. The summed E-state index contributed by atoms with van der Waals surface area (Å²) in [5, 5.41) is 4.43. The number of anilines is 1. The summed E-state index contributed by atoms with van der Waals surface area (Å²) in [4.78, 5) is 4.89. The third-order valence-electron chi connectivity index (χ3n) is 3.55. The summed E-state index contributed by atoms with van der Waals surface area (Å²) in [5.41, 5.74) is 5.37. The lowest BCUT2D eigenvalue weighted by Gasteiger charge is -2.15. The highest BCUT2D eigenvalue weighted by Gasteiger charge is 2.14. The van der Waals surface area contributed by atoms with Crippen molar-refractivity contribution in [2.75, 3.05) is 12.4 Å². The Hall–Kier alpha value is -1.39. The largest absolute Gasteiger partial charge is 0.387 e. The van der Waals surface area contributed by atoms with E-state index >= 15 is 0 Å². The molecule has 106 valence electrons. The number of hydrogen-bond acceptors (Lipinski definition) is 2. The van der Waals surface area contributed by atoms with Gasteiger partial charge in [0, 0.05) is 32.6 Å². The van der Waals surface area contributed by atoms with E-state index in [0.717, 1.165) is 42.4 Å². The average molecular weight is 406 g/mol. The first-order valence-electron chi connectivity index (χ1n) is 6.64. The first-order chi connectivity index (χ1) is 10.1. The summed E-state index contributed by atoms with van der Waals surface area (Å²) in [6.45, 7) is 2.11. The van der Waals surface area contributed by atoms with E-state index < -0.39 is 0 Å². The molecule has 0 amide bonds. The summed E-state index contributed by atoms with van der Waals surface area (Å²) in [5.74, 6) is 0. The molecule has 4 heteroatoms. The fourth-order valence-electron chi connectivity index (χ4n) is 2.59. The zero-order valence-corrected chi connectivity index (χ0v) is 14.9. The third-order valence-corrected chi connectivity index (χ3v) is 4.61. The number of halogens is 2. The number of pyridine rings is 1. The highest BCUT2D eigenvalue weighted by atomic mass is 79.9. The fraction of sp³-hybridized carbons (Fsp3) is 0.118. The standard InChI is InChI=1S/C17H14Br2N2/c1-10-15(11-6-4-3-5-7-11)21-17-13(16(10)20-2)8-12(18)9-14(17)19/h3-9H,1-2H3,(H,20,21). The first kappa shape index (κ1) is 14.5. The average Bonchev–Trinajstić information content (AvgIpc) is 2.47. The van der Waals surface area contributed by atoms with Crippen LogP contribution in [0.4, 0.5) is 5.69 Å². The number of nitrogens with one attached hydrogen (secondary N) is 1. The molecular weight excluding hydrogens is 392 g/mol. The van der Waals surface area contributed by atoms with Crippen LogP contribution in [-0.2, 0) is 0 Å². The summed E-state index contributed by atoms with van der Waals surface area (Å²) in [6.07, 6.45) is 0. The van der Waals surface area contributed by atoms with Crippen LogP contribution < -0.4 is 5.32 Å². The molecule has 0 atom stereocenters. The van der Waals surface area contributed by atoms with E-state index in [2.05, 4.69) is 62.3 Å². The minimum atomic E-state index is 0.965. The second-order valence-electron chi connectivity index (χ2n) is 4.86. The molecule has 0 radical (unpaired) electrons. The van der Waals surface area contributed by atoms with Crippen LogP contribution in [-0.4, -0.2) is 12.0 Å². The molecule has 0 saturated heterocycles. The van der Waals surface area contributed by atoms with Crippen molar-refractivity contribution >= 4 is 48.5 Å². The van der Waals surface area contributed by atoms with Crippen LogP contribution in [0.25, 0.3) is 22.2 Å². The molecule has 21 heavy (non-hydrogen) atoms. The second kappa shape index (κ2) is 5.78. The van der Waals surface area contributed by atoms with Gasteiger partial charge in [0.15, 0.2) is 0 Å². The lowest BCUT2D eigenvalue weighted by Crippen LogP contribution is -1.99. The zero-order valence-electron chi connectivity index (χ0n) is 11.7. The van der Waals surface area contributed by atoms with Gasteiger partial charge in [-0.25, -0.2) is 4.98 Å². The molecule has 1 heterocycles. The molecule has 0 spiro atoms. The maximum absolute atomic E-state index is 4.89. The van der Waals surface area contributed by atoms with Crippen molar-refractivity contribution in [1.82, 2.24) is 4.98 Å². The maximum atomic E-state index is 4.89. The molecule has 2 nitrogen and oxygen atoms in total. The van der Waals surface area contributed by atoms with Crippen molar-refractivity contribution in [1.29, 1.82) is 0 Å². The Morgan fingerprint density at radius 3 is 2.43 bits per heavy atom. The van der Waals surface area contributed by atoms with Gasteiger partial charge in [0.25, 0.3) is 0 Å². The van der Waals surface area contributed by atoms with Gasteiger partial charge in [-0.3, -0.25) is 0 Å². The summed E-state index contributed by atoms with van der Waals surface area (Å²) >= 11 is 7.17. The van der Waals surface area contributed by atoms with E-state index in [0.29, 0.717) is 0 Å². The quantitative estimate of drug-likeness (QED) is 0.584. The monoisotopic (exact) mass is 404 g/mol. The van der Waals surface area contributed by atoms with Crippen LogP contribution in [0.5, 0.6) is 0 Å². The van der Waals surface area contributed by atoms with Crippen LogP contribution in [0.1, 0.15) is 5.56 Å². The van der Waals surface area contributed by atoms with Crippen LogP contribution in [0, 0.1) is 6.92 Å². The molecule has 2 aromatic carbocycles. The third kappa shape index (κ3) is 2.58. The predicted molar refractivity (Wildman–Crippen MR) is 96.9 cm³/mol. The van der Waals surface area contributed by atoms with Gasteiger partial charge in [-0.1, -0.05) is 46.3 Å². The zero-order chi connectivity index (χ0) is 15.0. The van der Waals surface area contributed by atoms with E-state index in [1.54, 1.807) is 0 Å². The Labute approximate surface area is 140 Å². The molecule has 0 aliphatic rings. The minimum absolute atomic E-state index is 0.965. The second-order valence-corrected chi connectivity index (χ2v) is 6.63. The number of hydrogen-bond donors (Lipinski definition) is 1. The van der Waals surface area contributed by atoms with E-state index in [-0.39, 0.29) is 0 Å². The van der Waals surface area contributed by atoms with Gasteiger partial charge in [0.1, 0.15) is 0 Å². The van der Waals surface area contributed by atoms with Crippen molar-refractivity contribution < 1.29 is 0 Å². The van der Waals surface area contributed by atoms with E-state index in [1.165, 1.54) is 0 Å². The van der Waals surface area contributed by atoms with Crippen molar-refractivity contribution in [3.8, 4) is 11.3 Å². The summed E-state index contributed by atoms with van der Waals surface area (Å²) in [7, 11) is 1.95. The molecule has 3 aromatic rings. The van der Waals surface area contributed by atoms with E-state index in [4.69, 9.17) is 4.98 Å². The molecular formula is C17H14Br2N2. The Balaban J connectivity index is 2.41. The molecule has 1 aromatic heterocycles. The molecule has 0 fully saturated rings. The maximum Gasteiger partial charge on any atom is 0.0873 e. The molecule has 0 saturated carbocycles. The first-order valence-corrected chi connectivity index (χ1v) is 8.23. The normalized spacial score (nSPS) is 10.9.